The third-order valence-electron chi connectivity index (χ3n) is 1.06. The average Bonchev–Trinajstić information content (AvgIpc) is 1.81. The molecule has 0 aliphatic carbocycles. The first-order chi connectivity index (χ1) is 5.58. The van der Waals surface area contributed by atoms with Gasteiger partial charge in [0.25, 0.3) is 0 Å². The molecule has 0 atom stereocenters. The molecule has 1 aromatic heterocycles. The normalized spacial score (nSPS) is 10.3. The first kappa shape index (κ1) is 8.63. The highest BCUT2D eigenvalue weighted by Gasteiger charge is 2.06. The molecule has 0 unspecified atom stereocenters. The van der Waals surface area contributed by atoms with Crippen LogP contribution in [0.5, 0.6) is 5.88 Å². The molecule has 0 saturated carbocycles. The monoisotopic (exact) mass is 175 g/mol. The van der Waals surface area contributed by atoms with Crippen LogP contribution >= 0.6 is 0 Å². The molecule has 0 bridgehead atoms. The first-order valence-corrected chi connectivity index (χ1v) is 3.14. The Kier molecular flexibility index (Phi) is 2.37. The van der Waals surface area contributed by atoms with E-state index in [9.17, 15) is 8.78 Å². The van der Waals surface area contributed by atoms with Crippen LogP contribution in [0.1, 0.15) is 5.69 Å². The third kappa shape index (κ3) is 2.30. The Morgan fingerprint density at radius 3 is 2.67 bits per heavy atom. The Bertz CT molecular complexity index is 259. The van der Waals surface area contributed by atoms with E-state index in [0.29, 0.717) is 5.69 Å². The Hall–Kier alpha value is -1.46. The highest BCUT2D eigenvalue weighted by molar-refractivity contribution is 5.25. The molecule has 0 spiro atoms. The minimum absolute atomic E-state index is 0.0781. The number of alkyl halides is 2. The van der Waals surface area contributed by atoms with Crippen molar-refractivity contribution in [1.82, 2.24) is 9.97 Å². The van der Waals surface area contributed by atoms with Gasteiger partial charge in [0, 0.05) is 11.8 Å². The van der Waals surface area contributed by atoms with Crippen LogP contribution < -0.4 is 10.5 Å². The lowest BCUT2D eigenvalue weighted by molar-refractivity contribution is -0.0528. The average molecular weight is 175 g/mol. The molecule has 1 aromatic rings. The molecule has 4 nitrogen and oxygen atoms in total. The van der Waals surface area contributed by atoms with Crippen molar-refractivity contribution in [3.05, 3.63) is 11.8 Å². The van der Waals surface area contributed by atoms with Crippen molar-refractivity contribution in [2.24, 2.45) is 0 Å². The van der Waals surface area contributed by atoms with Gasteiger partial charge in [-0.25, -0.2) is 4.98 Å². The zero-order valence-corrected chi connectivity index (χ0v) is 6.29. The van der Waals surface area contributed by atoms with E-state index in [2.05, 4.69) is 14.7 Å². The lowest BCUT2D eigenvalue weighted by Gasteiger charge is -2.03. The predicted octanol–water partition coefficient (Wildman–Crippen LogP) is 0.969. The number of anilines is 1. The van der Waals surface area contributed by atoms with Crippen molar-refractivity contribution < 1.29 is 13.5 Å². The van der Waals surface area contributed by atoms with Gasteiger partial charge in [0.2, 0.25) is 11.8 Å². The largest absolute Gasteiger partial charge is 0.417 e. The lowest BCUT2D eigenvalue weighted by Crippen LogP contribution is -2.06. The maximum atomic E-state index is 11.7. The van der Waals surface area contributed by atoms with Gasteiger partial charge in [0.1, 0.15) is 0 Å². The second kappa shape index (κ2) is 3.29. The lowest BCUT2D eigenvalue weighted by atomic mass is 10.4. The zero-order chi connectivity index (χ0) is 9.14. The first-order valence-electron chi connectivity index (χ1n) is 3.14. The van der Waals surface area contributed by atoms with E-state index in [1.54, 1.807) is 6.92 Å². The summed E-state index contributed by atoms with van der Waals surface area (Å²) >= 11 is 0. The highest BCUT2D eigenvalue weighted by atomic mass is 19.3. The molecule has 0 saturated heterocycles. The van der Waals surface area contributed by atoms with E-state index >= 15 is 0 Å². The molecule has 66 valence electrons. The maximum absolute atomic E-state index is 11.7. The van der Waals surface area contributed by atoms with E-state index in [0.717, 1.165) is 0 Å². The number of hydrogen-bond donors (Lipinski definition) is 1. The summed E-state index contributed by atoms with van der Waals surface area (Å²) in [5.74, 6) is -0.291. The molecule has 0 aliphatic heterocycles. The third-order valence-corrected chi connectivity index (χ3v) is 1.06. The fourth-order valence-electron chi connectivity index (χ4n) is 0.713. The number of halogens is 2. The van der Waals surface area contributed by atoms with Gasteiger partial charge in [-0.15, -0.1) is 0 Å². The Morgan fingerprint density at radius 1 is 1.50 bits per heavy atom. The summed E-state index contributed by atoms with van der Waals surface area (Å²) < 4.78 is 27.3. The second-order valence-corrected chi connectivity index (χ2v) is 2.08. The number of nitrogens with two attached hydrogens (primary N) is 1. The molecule has 0 fully saturated rings. The quantitative estimate of drug-likeness (QED) is 0.727. The number of nitrogen functional groups attached to an aromatic ring is 1. The van der Waals surface area contributed by atoms with Crippen LogP contribution in [0.4, 0.5) is 14.7 Å². The van der Waals surface area contributed by atoms with Crippen LogP contribution in [0.3, 0.4) is 0 Å². The summed E-state index contributed by atoms with van der Waals surface area (Å²) in [5.41, 5.74) is 5.67. The molecule has 0 radical (unpaired) electrons. The van der Waals surface area contributed by atoms with Crippen LogP contribution in [0.2, 0.25) is 0 Å². The minimum Gasteiger partial charge on any atom is -0.417 e. The molecule has 6 heteroatoms. The molecule has 1 rings (SSSR count). The van der Waals surface area contributed by atoms with Crippen LogP contribution in [0.15, 0.2) is 6.07 Å². The number of aryl methyl sites for hydroxylation is 1. The molecule has 0 aromatic carbocycles. The molecule has 0 amide bonds. The SMILES string of the molecule is Cc1cc(OC(F)F)nc(N)n1. The van der Waals surface area contributed by atoms with E-state index in [-0.39, 0.29) is 11.8 Å². The maximum Gasteiger partial charge on any atom is 0.388 e. The number of hydrogen-bond acceptors (Lipinski definition) is 4. The fourth-order valence-corrected chi connectivity index (χ4v) is 0.713. The Morgan fingerprint density at radius 2 is 2.17 bits per heavy atom. The Labute approximate surface area is 67.4 Å². The molecular weight excluding hydrogens is 168 g/mol. The number of nitrogens with zero attached hydrogens (tertiary/aromatic N) is 2. The number of ether oxygens (including phenoxy) is 1. The van der Waals surface area contributed by atoms with Gasteiger partial charge in [0.05, 0.1) is 0 Å². The zero-order valence-electron chi connectivity index (χ0n) is 6.29. The van der Waals surface area contributed by atoms with Crippen molar-refractivity contribution >= 4 is 5.95 Å². The van der Waals surface area contributed by atoms with E-state index in [1.807, 2.05) is 0 Å². The van der Waals surface area contributed by atoms with E-state index < -0.39 is 6.61 Å². The molecular formula is C6H7F2N3O. The smallest absolute Gasteiger partial charge is 0.388 e. The highest BCUT2D eigenvalue weighted by Crippen LogP contribution is 2.12. The fraction of sp³-hybridized carbons (Fsp3) is 0.333. The molecule has 12 heavy (non-hydrogen) atoms. The summed E-state index contributed by atoms with van der Waals surface area (Å²) in [4.78, 5) is 7.12. The number of aromatic nitrogens is 2. The van der Waals surface area contributed by atoms with Crippen LogP contribution in [-0.2, 0) is 0 Å². The van der Waals surface area contributed by atoms with Gasteiger partial charge in [-0.3, -0.25) is 0 Å². The molecule has 0 aliphatic rings. The molecule has 1 heterocycles. The van der Waals surface area contributed by atoms with Crippen LogP contribution in [0.25, 0.3) is 0 Å². The van der Waals surface area contributed by atoms with Crippen molar-refractivity contribution in [2.45, 2.75) is 13.5 Å². The summed E-state index contributed by atoms with van der Waals surface area (Å²) in [5, 5.41) is 0. The summed E-state index contributed by atoms with van der Waals surface area (Å²) in [6, 6.07) is 1.28. The van der Waals surface area contributed by atoms with Gasteiger partial charge in [-0.1, -0.05) is 0 Å². The van der Waals surface area contributed by atoms with E-state index in [4.69, 9.17) is 5.73 Å². The van der Waals surface area contributed by atoms with Gasteiger partial charge >= 0.3 is 6.61 Å². The van der Waals surface area contributed by atoms with Crippen molar-refractivity contribution in [2.75, 3.05) is 5.73 Å². The van der Waals surface area contributed by atoms with Gasteiger partial charge in [-0.05, 0) is 6.92 Å². The topological polar surface area (TPSA) is 61.0 Å². The summed E-state index contributed by atoms with van der Waals surface area (Å²) in [7, 11) is 0. The van der Waals surface area contributed by atoms with Gasteiger partial charge in [0.15, 0.2) is 0 Å². The Balaban J connectivity index is 2.85. The number of rotatable bonds is 2. The van der Waals surface area contributed by atoms with Gasteiger partial charge in [-0.2, -0.15) is 13.8 Å². The van der Waals surface area contributed by atoms with Crippen molar-refractivity contribution in [3.8, 4) is 5.88 Å². The van der Waals surface area contributed by atoms with Crippen LogP contribution in [0, 0.1) is 6.92 Å². The standard InChI is InChI=1S/C6H7F2N3O/c1-3-2-4(12-5(7)8)11-6(9)10-3/h2,5H,1H3,(H2,9,10,11). The summed E-state index contributed by atoms with van der Waals surface area (Å²) in [6.45, 7) is -1.28. The second-order valence-electron chi connectivity index (χ2n) is 2.08. The van der Waals surface area contributed by atoms with Gasteiger partial charge < -0.3 is 10.5 Å². The van der Waals surface area contributed by atoms with Crippen LogP contribution in [-0.4, -0.2) is 16.6 Å². The van der Waals surface area contributed by atoms with Crippen molar-refractivity contribution in [1.29, 1.82) is 0 Å². The van der Waals surface area contributed by atoms with Crippen molar-refractivity contribution in [3.63, 3.8) is 0 Å². The van der Waals surface area contributed by atoms with E-state index in [1.165, 1.54) is 6.07 Å². The minimum atomic E-state index is -2.89. The predicted molar refractivity (Wildman–Crippen MR) is 37.8 cm³/mol. The molecule has 2 N–H and O–H groups in total. The summed E-state index contributed by atoms with van der Waals surface area (Å²) in [6.07, 6.45) is 0.